The summed E-state index contributed by atoms with van der Waals surface area (Å²) in [7, 11) is 1.48. The molecule has 0 atom stereocenters. The van der Waals surface area contributed by atoms with Gasteiger partial charge in [-0.15, -0.1) is 0 Å². The van der Waals surface area contributed by atoms with Gasteiger partial charge in [-0.25, -0.2) is 9.78 Å². The van der Waals surface area contributed by atoms with Crippen LogP contribution in [0.4, 0.5) is 11.5 Å². The van der Waals surface area contributed by atoms with Gasteiger partial charge in [-0.3, -0.25) is 14.5 Å². The number of aromatic amines is 1. The van der Waals surface area contributed by atoms with E-state index in [1.165, 1.54) is 7.05 Å². The van der Waals surface area contributed by atoms with Crippen LogP contribution in [0.3, 0.4) is 0 Å². The Morgan fingerprint density at radius 3 is 2.87 bits per heavy atom. The molecule has 0 saturated heterocycles. The Morgan fingerprint density at radius 1 is 1.35 bits per heavy atom. The average Bonchev–Trinajstić information content (AvgIpc) is 3.42. The van der Waals surface area contributed by atoms with Crippen molar-refractivity contribution < 1.29 is 5.11 Å². The van der Waals surface area contributed by atoms with E-state index in [9.17, 15) is 9.90 Å². The number of H-pyrrole nitrogens is 1. The monoisotopic (exact) mass is 438 g/mol. The molecule has 11 heteroatoms. The predicted octanol–water partition coefficient (Wildman–Crippen LogP) is 1.17. The topological polar surface area (TPSA) is 125 Å². The highest BCUT2D eigenvalue weighted by Gasteiger charge is 2.20. The minimum Gasteiger partial charge on any atom is -0.493 e. The lowest BCUT2D eigenvalue weighted by molar-refractivity contribution is 0.428. The number of fused-ring (bicyclic) bond motifs is 1. The summed E-state index contributed by atoms with van der Waals surface area (Å²) < 4.78 is 2.78. The zero-order chi connectivity index (χ0) is 21.7. The van der Waals surface area contributed by atoms with Crippen molar-refractivity contribution in [3.63, 3.8) is 0 Å². The minimum absolute atomic E-state index is 0.165. The average molecular weight is 439 g/mol. The molecule has 4 aromatic rings. The normalized spacial score (nSPS) is 15.2. The number of hydrogen-bond donors (Lipinski definition) is 3. The van der Waals surface area contributed by atoms with Crippen molar-refractivity contribution in [2.45, 2.75) is 25.8 Å². The number of hydrogen-bond acceptors (Lipinski definition) is 7. The molecule has 1 saturated carbocycles. The number of nitrogens with one attached hydrogen (secondary N) is 2. The molecule has 0 aliphatic heterocycles. The molecule has 3 N–H and O–H groups in total. The van der Waals surface area contributed by atoms with E-state index in [4.69, 9.17) is 21.6 Å². The Kier molecular flexibility index (Phi) is 4.51. The lowest BCUT2D eigenvalue weighted by Gasteiger charge is -2.09. The molecule has 1 aliphatic rings. The van der Waals surface area contributed by atoms with Crippen LogP contribution in [0.2, 0.25) is 5.02 Å². The minimum atomic E-state index is -0.413. The second-order valence-electron chi connectivity index (χ2n) is 7.48. The van der Waals surface area contributed by atoms with Gasteiger partial charge in [0, 0.05) is 24.5 Å². The predicted molar refractivity (Wildman–Crippen MR) is 115 cm³/mol. The number of halogens is 1. The lowest BCUT2D eigenvalue weighted by Crippen LogP contribution is -2.20. The van der Waals surface area contributed by atoms with E-state index >= 15 is 0 Å². The van der Waals surface area contributed by atoms with Gasteiger partial charge in [0.1, 0.15) is 11.5 Å². The third-order valence-electron chi connectivity index (χ3n) is 5.16. The van der Waals surface area contributed by atoms with Gasteiger partial charge in [0.15, 0.2) is 11.1 Å². The molecular weight excluding hydrogens is 420 g/mol. The van der Waals surface area contributed by atoms with E-state index in [-0.39, 0.29) is 17.6 Å². The molecule has 4 aromatic heterocycles. The van der Waals surface area contributed by atoms with Gasteiger partial charge in [0.05, 0.1) is 29.1 Å². The van der Waals surface area contributed by atoms with Crippen LogP contribution in [-0.2, 0) is 7.05 Å². The summed E-state index contributed by atoms with van der Waals surface area (Å²) >= 11 is 6.20. The van der Waals surface area contributed by atoms with Crippen molar-refractivity contribution in [3.05, 3.63) is 62.1 Å². The fraction of sp³-hybridized carbons (Fsp3) is 0.250. The third-order valence-corrected chi connectivity index (χ3v) is 5.54. The van der Waals surface area contributed by atoms with E-state index in [1.807, 2.05) is 13.0 Å². The Labute approximate surface area is 180 Å². The maximum Gasteiger partial charge on any atom is 0.328 e. The number of nitrogens with zero attached hydrogens (tertiary/aromatic N) is 6. The summed E-state index contributed by atoms with van der Waals surface area (Å²) in [5.41, 5.74) is 2.64. The zero-order valence-corrected chi connectivity index (χ0v) is 17.6. The maximum atomic E-state index is 11.8. The fourth-order valence-electron chi connectivity index (χ4n) is 3.16. The van der Waals surface area contributed by atoms with Crippen LogP contribution in [-0.4, -0.2) is 40.3 Å². The quantitative estimate of drug-likeness (QED) is 0.439. The van der Waals surface area contributed by atoms with Crippen LogP contribution >= 0.6 is 11.6 Å². The second-order valence-corrected chi connectivity index (χ2v) is 7.89. The van der Waals surface area contributed by atoms with Crippen LogP contribution < -0.4 is 21.7 Å². The van der Waals surface area contributed by atoms with E-state index in [2.05, 4.69) is 20.4 Å². The lowest BCUT2D eigenvalue weighted by atomic mass is 10.2. The van der Waals surface area contributed by atoms with Crippen LogP contribution in [0.5, 0.6) is 5.88 Å². The van der Waals surface area contributed by atoms with Crippen molar-refractivity contribution in [2.24, 2.45) is 12.0 Å². The Balaban J connectivity index is 1.70. The molecule has 10 nitrogen and oxygen atoms in total. The molecular formula is C20H19ClN8O2. The molecule has 5 rings (SSSR count). The van der Waals surface area contributed by atoms with Gasteiger partial charge in [-0.2, -0.15) is 9.61 Å². The summed E-state index contributed by atoms with van der Waals surface area (Å²) in [6, 6.07) is 2.10. The van der Waals surface area contributed by atoms with Crippen molar-refractivity contribution in [1.29, 1.82) is 0 Å². The van der Waals surface area contributed by atoms with Crippen LogP contribution in [0.25, 0.3) is 11.7 Å². The van der Waals surface area contributed by atoms with Crippen molar-refractivity contribution >= 4 is 34.8 Å². The van der Waals surface area contributed by atoms with E-state index < -0.39 is 5.69 Å². The standard InChI is InChI=1S/C20H19ClN8O2/c1-10-13(21)8-22-9-15(10)25-16-6-17(24-12-3-4-12)29-18(27-16)11(7-23-29)5-14-19(30)28(2)20(31)26-14/h5-9,12,25,30H,3-4H2,1-2H3,(H,26,31)/b11-5-,24-17?. The van der Waals surface area contributed by atoms with Gasteiger partial charge in [0.2, 0.25) is 5.88 Å². The third kappa shape index (κ3) is 3.55. The molecule has 0 bridgehead atoms. The molecule has 1 fully saturated rings. The molecule has 0 unspecified atom stereocenters. The molecule has 158 valence electrons. The van der Waals surface area contributed by atoms with Crippen molar-refractivity contribution in [3.8, 4) is 5.88 Å². The van der Waals surface area contributed by atoms with Gasteiger partial charge >= 0.3 is 5.69 Å². The summed E-state index contributed by atoms with van der Waals surface area (Å²) in [6.45, 7) is 1.90. The molecule has 31 heavy (non-hydrogen) atoms. The first-order valence-electron chi connectivity index (χ1n) is 9.70. The fourth-order valence-corrected chi connectivity index (χ4v) is 3.32. The number of pyridine rings is 1. The largest absolute Gasteiger partial charge is 0.493 e. The molecule has 0 aromatic carbocycles. The van der Waals surface area contributed by atoms with E-state index in [1.54, 1.807) is 29.2 Å². The molecule has 0 amide bonds. The smallest absolute Gasteiger partial charge is 0.328 e. The summed E-state index contributed by atoms with van der Waals surface area (Å²) in [5, 5.41) is 19.0. The van der Waals surface area contributed by atoms with Crippen LogP contribution in [0.15, 0.2) is 34.4 Å². The van der Waals surface area contributed by atoms with Crippen LogP contribution in [0, 0.1) is 6.92 Å². The molecule has 1 aliphatic carbocycles. The highest BCUT2D eigenvalue weighted by Crippen LogP contribution is 2.24. The van der Waals surface area contributed by atoms with Crippen LogP contribution in [0.1, 0.15) is 24.1 Å². The SMILES string of the molecule is Cc1c(Cl)cncc1Nc1cc(=NC2CC2)n2nc/c(=C/c3[nH]c(=O)n(C)c3O)c2n1. The van der Waals surface area contributed by atoms with Gasteiger partial charge in [0.25, 0.3) is 0 Å². The Morgan fingerprint density at radius 2 is 2.16 bits per heavy atom. The zero-order valence-electron chi connectivity index (χ0n) is 16.8. The first kappa shape index (κ1) is 19.3. The number of imidazole rings is 1. The highest BCUT2D eigenvalue weighted by atomic mass is 35.5. The van der Waals surface area contributed by atoms with Gasteiger partial charge < -0.3 is 15.4 Å². The van der Waals surface area contributed by atoms with E-state index in [0.717, 1.165) is 28.7 Å². The van der Waals surface area contributed by atoms with Gasteiger partial charge in [-0.05, 0) is 31.4 Å². The highest BCUT2D eigenvalue weighted by molar-refractivity contribution is 6.31. The van der Waals surface area contributed by atoms with Crippen molar-refractivity contribution in [1.82, 2.24) is 29.1 Å². The molecule has 0 spiro atoms. The summed E-state index contributed by atoms with van der Waals surface area (Å²) in [4.78, 5) is 28.0. The van der Waals surface area contributed by atoms with E-state index in [0.29, 0.717) is 27.2 Å². The Bertz CT molecular complexity index is 1500. The maximum absolute atomic E-state index is 11.8. The Hall–Kier alpha value is -3.66. The molecule has 0 radical (unpaired) electrons. The number of rotatable bonds is 4. The first-order chi connectivity index (χ1) is 14.9. The summed E-state index contributed by atoms with van der Waals surface area (Å²) in [6.07, 6.45) is 8.61. The number of aromatic hydroxyl groups is 1. The number of aromatic nitrogens is 6. The molecule has 4 heterocycles. The first-order valence-corrected chi connectivity index (χ1v) is 10.1. The van der Waals surface area contributed by atoms with Crippen molar-refractivity contribution in [2.75, 3.05) is 5.32 Å². The second kappa shape index (κ2) is 7.24. The number of anilines is 2. The summed E-state index contributed by atoms with van der Waals surface area (Å²) in [5.74, 6) is 0.391. The van der Waals surface area contributed by atoms with Gasteiger partial charge in [-0.1, -0.05) is 11.6 Å².